The van der Waals surface area contributed by atoms with Gasteiger partial charge < -0.3 is 19.4 Å². The first-order chi connectivity index (χ1) is 15.0. The molecule has 162 valence electrons. The van der Waals surface area contributed by atoms with Gasteiger partial charge in [0.2, 0.25) is 0 Å². The van der Waals surface area contributed by atoms with Crippen LogP contribution < -0.4 is 10.2 Å². The van der Waals surface area contributed by atoms with Gasteiger partial charge in [-0.05, 0) is 42.8 Å². The highest BCUT2D eigenvalue weighted by atomic mass is 35.5. The average Bonchev–Trinajstić information content (AvgIpc) is 3.23. The smallest absolute Gasteiger partial charge is 0.281 e. The summed E-state index contributed by atoms with van der Waals surface area (Å²) in [6.45, 7) is 5.60. The van der Waals surface area contributed by atoms with E-state index in [1.54, 1.807) is 18.2 Å². The molecule has 1 saturated heterocycles. The molecule has 2 aromatic heterocycles. The molecule has 1 aliphatic heterocycles. The number of rotatable bonds is 7. The second kappa shape index (κ2) is 9.47. The zero-order valence-corrected chi connectivity index (χ0v) is 17.8. The monoisotopic (exact) mass is 442 g/mol. The molecule has 0 radical (unpaired) electrons. The van der Waals surface area contributed by atoms with E-state index in [0.29, 0.717) is 35.2 Å². The molecule has 9 heteroatoms. The highest BCUT2D eigenvalue weighted by molar-refractivity contribution is 6.30. The van der Waals surface area contributed by atoms with Crippen molar-refractivity contribution in [3.05, 3.63) is 75.1 Å². The maximum atomic E-state index is 11.3. The number of hydrogen-bond acceptors (Lipinski definition) is 7. The lowest BCUT2D eigenvalue weighted by Crippen LogP contribution is -2.41. The molecule has 1 aromatic carbocycles. The first-order valence-electron chi connectivity index (χ1n) is 10.0. The van der Waals surface area contributed by atoms with Gasteiger partial charge in [0.25, 0.3) is 5.69 Å². The highest BCUT2D eigenvalue weighted by Crippen LogP contribution is 2.33. The van der Waals surface area contributed by atoms with Crippen molar-refractivity contribution in [1.82, 2.24) is 10.3 Å². The fraction of sp³-hybridized carbons (Fsp3) is 0.318. The van der Waals surface area contributed by atoms with Crippen molar-refractivity contribution >= 4 is 23.1 Å². The van der Waals surface area contributed by atoms with E-state index in [1.165, 1.54) is 6.07 Å². The number of hydrogen-bond donors (Lipinski definition) is 1. The van der Waals surface area contributed by atoms with E-state index in [-0.39, 0.29) is 11.8 Å². The number of anilines is 1. The first kappa shape index (κ1) is 21.3. The number of pyridine rings is 1. The molecule has 1 unspecified atom stereocenters. The second-order valence-electron chi connectivity index (χ2n) is 7.44. The van der Waals surface area contributed by atoms with Gasteiger partial charge in [-0.25, -0.2) is 4.98 Å². The van der Waals surface area contributed by atoms with Crippen molar-refractivity contribution in [2.24, 2.45) is 0 Å². The summed E-state index contributed by atoms with van der Waals surface area (Å²) in [6.07, 6.45) is 2.08. The molecule has 31 heavy (non-hydrogen) atoms. The molecule has 0 amide bonds. The Morgan fingerprint density at radius 3 is 2.87 bits per heavy atom. The number of nitro groups is 1. The summed E-state index contributed by atoms with van der Waals surface area (Å²) in [7, 11) is 0. The molecule has 1 N–H and O–H groups in total. The predicted octanol–water partition coefficient (Wildman–Crippen LogP) is 4.42. The molecule has 1 atom stereocenters. The first-order valence-corrected chi connectivity index (χ1v) is 10.4. The zero-order valence-electron chi connectivity index (χ0n) is 17.1. The van der Waals surface area contributed by atoms with Crippen LogP contribution in [0, 0.1) is 10.1 Å². The van der Waals surface area contributed by atoms with Gasteiger partial charge in [0.15, 0.2) is 0 Å². The lowest BCUT2D eigenvalue weighted by atomic mass is 10.1. The largest absolute Gasteiger partial charge is 0.459 e. The van der Waals surface area contributed by atoms with Gasteiger partial charge in [0, 0.05) is 36.9 Å². The summed E-state index contributed by atoms with van der Waals surface area (Å²) in [5, 5.41) is 14.9. The van der Waals surface area contributed by atoms with Crippen LogP contribution in [-0.2, 0) is 17.8 Å². The van der Waals surface area contributed by atoms with Crippen LogP contribution in [0.3, 0.4) is 0 Å². The summed E-state index contributed by atoms with van der Waals surface area (Å²) in [6, 6.07) is 12.2. The van der Waals surface area contributed by atoms with Gasteiger partial charge in [0.05, 0.1) is 29.7 Å². The molecule has 8 nitrogen and oxygen atoms in total. The number of nitrogens with zero attached hydrogens (tertiary/aromatic N) is 3. The lowest BCUT2D eigenvalue weighted by Gasteiger charge is -2.32. The second-order valence-corrected chi connectivity index (χ2v) is 7.88. The van der Waals surface area contributed by atoms with Crippen molar-refractivity contribution in [2.75, 3.05) is 24.6 Å². The van der Waals surface area contributed by atoms with E-state index < -0.39 is 4.92 Å². The van der Waals surface area contributed by atoms with Crippen molar-refractivity contribution in [1.29, 1.82) is 0 Å². The van der Waals surface area contributed by atoms with E-state index in [1.807, 2.05) is 18.3 Å². The zero-order chi connectivity index (χ0) is 21.8. The van der Waals surface area contributed by atoms with Crippen LogP contribution in [0.5, 0.6) is 0 Å². The number of nitrogens with one attached hydrogen (secondary N) is 1. The van der Waals surface area contributed by atoms with Gasteiger partial charge in [-0.1, -0.05) is 17.7 Å². The quantitative estimate of drug-likeness (QED) is 0.427. The maximum absolute atomic E-state index is 11.3. The SMILES string of the molecule is CC1CN(c2ccc(CNCc3ccc(-c4ccc(Cl)cc4[N+](=O)[O-])o3)cn2)CCO1. The van der Waals surface area contributed by atoms with Crippen LogP contribution >= 0.6 is 11.6 Å². The molecular weight excluding hydrogens is 420 g/mol. The number of aromatic nitrogens is 1. The van der Waals surface area contributed by atoms with Gasteiger partial charge in [-0.3, -0.25) is 10.1 Å². The van der Waals surface area contributed by atoms with E-state index in [2.05, 4.69) is 28.2 Å². The molecule has 0 bridgehead atoms. The van der Waals surface area contributed by atoms with Crippen LogP contribution in [0.1, 0.15) is 18.2 Å². The number of ether oxygens (including phenoxy) is 1. The molecule has 1 aliphatic rings. The Kier molecular flexibility index (Phi) is 6.50. The number of nitro benzene ring substituents is 1. The molecule has 3 heterocycles. The Labute approximate surface area is 184 Å². The van der Waals surface area contributed by atoms with E-state index in [9.17, 15) is 10.1 Å². The normalized spacial score (nSPS) is 16.5. The molecular formula is C22H23ClN4O4. The standard InChI is InChI=1S/C22H23ClN4O4/c1-15-14-26(8-9-30-15)22-7-2-16(12-25-22)11-24-13-18-4-6-21(31-18)19-5-3-17(23)10-20(19)27(28)29/h2-7,10,12,15,24H,8-9,11,13-14H2,1H3. The Morgan fingerprint density at radius 1 is 1.26 bits per heavy atom. The van der Waals surface area contributed by atoms with Crippen LogP contribution in [-0.4, -0.2) is 35.7 Å². The fourth-order valence-electron chi connectivity index (χ4n) is 3.55. The fourth-order valence-corrected chi connectivity index (χ4v) is 3.71. The third-order valence-electron chi connectivity index (χ3n) is 5.09. The van der Waals surface area contributed by atoms with Crippen molar-refractivity contribution in [3.63, 3.8) is 0 Å². The molecule has 0 aliphatic carbocycles. The maximum Gasteiger partial charge on any atom is 0.281 e. The molecule has 0 spiro atoms. The Hall–Kier alpha value is -2.94. The minimum Gasteiger partial charge on any atom is -0.459 e. The molecule has 0 saturated carbocycles. The summed E-state index contributed by atoms with van der Waals surface area (Å²) < 4.78 is 11.4. The summed E-state index contributed by atoms with van der Waals surface area (Å²) in [4.78, 5) is 17.6. The van der Waals surface area contributed by atoms with Crippen LogP contribution in [0.4, 0.5) is 11.5 Å². The van der Waals surface area contributed by atoms with E-state index in [4.69, 9.17) is 20.8 Å². The number of morpholine rings is 1. The van der Waals surface area contributed by atoms with Gasteiger partial charge >= 0.3 is 0 Å². The van der Waals surface area contributed by atoms with Crippen LogP contribution in [0.15, 0.2) is 53.1 Å². The summed E-state index contributed by atoms with van der Waals surface area (Å²) in [5.74, 6) is 2.08. The minimum absolute atomic E-state index is 0.0813. The van der Waals surface area contributed by atoms with E-state index in [0.717, 1.165) is 31.1 Å². The molecule has 3 aromatic rings. The Morgan fingerprint density at radius 2 is 2.13 bits per heavy atom. The average molecular weight is 443 g/mol. The summed E-state index contributed by atoms with van der Waals surface area (Å²) >= 11 is 5.88. The van der Waals surface area contributed by atoms with Crippen molar-refractivity contribution < 1.29 is 14.1 Å². The van der Waals surface area contributed by atoms with Crippen LogP contribution in [0.25, 0.3) is 11.3 Å². The topological polar surface area (TPSA) is 93.7 Å². The van der Waals surface area contributed by atoms with Crippen molar-refractivity contribution in [2.45, 2.75) is 26.1 Å². The molecule has 4 rings (SSSR count). The highest BCUT2D eigenvalue weighted by Gasteiger charge is 2.19. The Bertz CT molecular complexity index is 1050. The third-order valence-corrected chi connectivity index (χ3v) is 5.32. The van der Waals surface area contributed by atoms with Gasteiger partial charge in [-0.2, -0.15) is 0 Å². The molecule has 1 fully saturated rings. The van der Waals surface area contributed by atoms with Gasteiger partial charge in [0.1, 0.15) is 17.3 Å². The third kappa shape index (κ3) is 5.22. The van der Waals surface area contributed by atoms with E-state index >= 15 is 0 Å². The number of halogens is 1. The van der Waals surface area contributed by atoms with Crippen LogP contribution in [0.2, 0.25) is 5.02 Å². The number of furan rings is 1. The Balaban J connectivity index is 1.34. The predicted molar refractivity (Wildman–Crippen MR) is 118 cm³/mol. The van der Waals surface area contributed by atoms with Gasteiger partial charge in [-0.15, -0.1) is 0 Å². The minimum atomic E-state index is -0.462. The number of benzene rings is 1. The summed E-state index contributed by atoms with van der Waals surface area (Å²) in [5.41, 5.74) is 1.38. The lowest BCUT2D eigenvalue weighted by molar-refractivity contribution is -0.384. The van der Waals surface area contributed by atoms with Crippen molar-refractivity contribution in [3.8, 4) is 11.3 Å².